The topological polar surface area (TPSA) is 66.8 Å². The molecule has 4 nitrogen and oxygen atoms in total. The van der Waals surface area contributed by atoms with Crippen LogP contribution in [-0.2, 0) is 42.2 Å². The molecule has 1 radical (unpaired) electrons. The van der Waals surface area contributed by atoms with Gasteiger partial charge in [-0.15, -0.1) is 0 Å². The molecule has 0 bridgehead atoms. The second-order valence-corrected chi connectivity index (χ2v) is 9.56. The van der Waals surface area contributed by atoms with E-state index in [4.69, 9.17) is 9.84 Å². The summed E-state index contributed by atoms with van der Waals surface area (Å²) in [6.45, 7) is 2.06. The van der Waals surface area contributed by atoms with Gasteiger partial charge >= 0.3 is 5.97 Å². The molecule has 125 valence electrons. The number of aliphatic hydroxyl groups excluding tert-OH is 1. The molecule has 5 atom stereocenters. The van der Waals surface area contributed by atoms with E-state index in [0.717, 1.165) is 25.7 Å². The van der Waals surface area contributed by atoms with E-state index in [1.807, 2.05) is 6.42 Å². The number of carbonyl (C=O) groups is 1. The summed E-state index contributed by atoms with van der Waals surface area (Å²) in [7, 11) is 0. The minimum atomic E-state index is -0.698. The molecular formula is C15H23I2O4Y-. The van der Waals surface area contributed by atoms with Crippen molar-refractivity contribution in [2.24, 2.45) is 11.8 Å². The minimum Gasteiger partial charge on any atom is -0.481 e. The molecule has 0 heterocycles. The second kappa shape index (κ2) is 10.2. The number of ether oxygens (including phenoxy) is 1. The number of rotatable bonds is 4. The quantitative estimate of drug-likeness (QED) is 0.292. The number of carboxylic acid groups (broad SMARTS) is 1. The van der Waals surface area contributed by atoms with Crippen molar-refractivity contribution in [1.82, 2.24) is 0 Å². The fourth-order valence-corrected chi connectivity index (χ4v) is 6.89. The summed E-state index contributed by atoms with van der Waals surface area (Å²) in [4.78, 5) is 10.9. The van der Waals surface area contributed by atoms with Crippen LogP contribution in [0.4, 0.5) is 0 Å². The molecule has 2 N–H and O–H groups in total. The van der Waals surface area contributed by atoms with Gasteiger partial charge < -0.3 is 14.9 Å². The van der Waals surface area contributed by atoms with Gasteiger partial charge in [-0.05, 0) is 31.1 Å². The molecule has 0 spiro atoms. The van der Waals surface area contributed by atoms with Crippen molar-refractivity contribution >= 4 is 51.2 Å². The normalized spacial score (nSPS) is 42.5. The zero-order chi connectivity index (χ0) is 15.6. The number of carboxylic acids is 1. The number of aliphatic carboxylic acids is 1. The van der Waals surface area contributed by atoms with Gasteiger partial charge in [0.1, 0.15) is 0 Å². The Morgan fingerprint density at radius 3 is 2.36 bits per heavy atom. The van der Waals surface area contributed by atoms with Gasteiger partial charge in [0.25, 0.3) is 0 Å². The summed E-state index contributed by atoms with van der Waals surface area (Å²) in [5, 5.41) is 18.7. The van der Waals surface area contributed by atoms with Crippen molar-refractivity contribution in [3.05, 3.63) is 6.42 Å². The van der Waals surface area contributed by atoms with Gasteiger partial charge in [0.15, 0.2) is 0 Å². The third-order valence-electron chi connectivity index (χ3n) is 4.50. The van der Waals surface area contributed by atoms with E-state index < -0.39 is 5.97 Å². The third-order valence-corrected chi connectivity index (χ3v) is 6.94. The van der Waals surface area contributed by atoms with Gasteiger partial charge in [-0.2, -0.15) is 6.42 Å². The summed E-state index contributed by atoms with van der Waals surface area (Å²) in [6.07, 6.45) is 5.87. The van der Waals surface area contributed by atoms with Gasteiger partial charge in [0.05, 0.1) is 6.10 Å². The Morgan fingerprint density at radius 1 is 1.27 bits per heavy atom. The van der Waals surface area contributed by atoms with E-state index in [9.17, 15) is 9.90 Å². The minimum absolute atomic E-state index is 0. The van der Waals surface area contributed by atoms with Crippen LogP contribution in [-0.4, -0.2) is 42.3 Å². The van der Waals surface area contributed by atoms with E-state index in [1.54, 1.807) is 0 Å². The first kappa shape index (κ1) is 22.0. The first-order valence-corrected chi connectivity index (χ1v) is 10.0. The molecule has 0 aliphatic heterocycles. The van der Waals surface area contributed by atoms with E-state index in [0.29, 0.717) is 7.85 Å². The van der Waals surface area contributed by atoms with Crippen LogP contribution in [0.2, 0.25) is 0 Å². The molecule has 0 aromatic heterocycles. The third kappa shape index (κ3) is 6.35. The smallest absolute Gasteiger partial charge is 0.303 e. The summed E-state index contributed by atoms with van der Waals surface area (Å²) < 4.78 is 7.06. The Kier molecular flexibility index (Phi) is 10.2. The molecule has 0 aromatic carbocycles. The van der Waals surface area contributed by atoms with Crippen LogP contribution < -0.4 is 0 Å². The summed E-state index contributed by atoms with van der Waals surface area (Å²) >= 11 is 4.84. The van der Waals surface area contributed by atoms with Crippen molar-refractivity contribution in [2.75, 3.05) is 0 Å². The molecule has 0 amide bonds. The molecule has 0 saturated heterocycles. The number of alkyl halides is 2. The van der Waals surface area contributed by atoms with Gasteiger partial charge in [-0.3, -0.25) is 11.2 Å². The van der Waals surface area contributed by atoms with Crippen molar-refractivity contribution in [1.29, 1.82) is 0 Å². The van der Waals surface area contributed by atoms with Crippen LogP contribution in [0.25, 0.3) is 0 Å². The molecule has 2 aliphatic carbocycles. The van der Waals surface area contributed by atoms with Crippen LogP contribution in [0.15, 0.2) is 0 Å². The number of aliphatic hydroxyl groups is 1. The first-order chi connectivity index (χ1) is 9.86. The Labute approximate surface area is 185 Å². The fraction of sp³-hybridized carbons (Fsp3) is 0.867. The predicted octanol–water partition coefficient (Wildman–Crippen LogP) is 3.22. The SMILES string of the molecule is CC1CC(OC2C(I)CC(CC(=O)O)CC2I)C[CH-]C1O.[Y]. The number of hydrogen-bond donors (Lipinski definition) is 2. The molecule has 7 heteroatoms. The van der Waals surface area contributed by atoms with E-state index >= 15 is 0 Å². The monoisotopic (exact) mass is 610 g/mol. The summed E-state index contributed by atoms with van der Waals surface area (Å²) in [5.74, 6) is -0.173. The molecule has 2 aliphatic rings. The largest absolute Gasteiger partial charge is 0.481 e. The Hall–Kier alpha value is 1.95. The van der Waals surface area contributed by atoms with Crippen molar-refractivity contribution in [2.45, 2.75) is 65.2 Å². The van der Waals surface area contributed by atoms with Gasteiger partial charge in [-0.25, -0.2) is 0 Å². The maximum atomic E-state index is 10.9. The molecule has 22 heavy (non-hydrogen) atoms. The maximum Gasteiger partial charge on any atom is 0.303 e. The van der Waals surface area contributed by atoms with Crippen molar-refractivity contribution < 1.29 is 52.5 Å². The first-order valence-electron chi connectivity index (χ1n) is 7.53. The van der Waals surface area contributed by atoms with Gasteiger partial charge in [0, 0.05) is 53.1 Å². The van der Waals surface area contributed by atoms with Gasteiger partial charge in [-0.1, -0.05) is 58.2 Å². The van der Waals surface area contributed by atoms with Crippen molar-refractivity contribution in [3.8, 4) is 0 Å². The number of halogens is 2. The zero-order valence-corrected chi connectivity index (χ0v) is 19.9. The van der Waals surface area contributed by atoms with Crippen LogP contribution in [0.5, 0.6) is 0 Å². The van der Waals surface area contributed by atoms with Crippen LogP contribution in [0, 0.1) is 18.3 Å². The van der Waals surface area contributed by atoms with Crippen molar-refractivity contribution in [3.63, 3.8) is 0 Å². The average molecular weight is 610 g/mol. The summed E-state index contributed by atoms with van der Waals surface area (Å²) in [5.41, 5.74) is 0. The second-order valence-electron chi connectivity index (χ2n) is 6.36. The van der Waals surface area contributed by atoms with E-state index in [1.165, 1.54) is 0 Å². The average Bonchev–Trinajstić information content (AvgIpc) is 2.37. The summed E-state index contributed by atoms with van der Waals surface area (Å²) in [6, 6.07) is 0. The maximum absolute atomic E-state index is 10.9. The molecular weight excluding hydrogens is 587 g/mol. The van der Waals surface area contributed by atoms with Crippen LogP contribution in [0.3, 0.4) is 0 Å². The zero-order valence-electron chi connectivity index (χ0n) is 12.7. The van der Waals surface area contributed by atoms with Crippen LogP contribution in [0.1, 0.15) is 39.0 Å². The van der Waals surface area contributed by atoms with Crippen LogP contribution >= 0.6 is 45.2 Å². The fourth-order valence-electron chi connectivity index (χ4n) is 3.32. The standard InChI is InChI=1S/C15H23I2O4.Y/c1-8-4-10(2-3-13(8)18)21-15-11(16)5-9(6-12(15)17)7-14(19)20;/h3,8-13,15,18H,2,4-7H2,1H3,(H,19,20);/q-1;. The molecule has 2 rings (SSSR count). The van der Waals surface area contributed by atoms with E-state index in [-0.39, 0.29) is 69.3 Å². The Balaban J connectivity index is 0.00000242. The molecule has 5 unspecified atom stereocenters. The molecule has 2 saturated carbocycles. The predicted molar refractivity (Wildman–Crippen MR) is 98.0 cm³/mol. The Morgan fingerprint density at radius 2 is 1.86 bits per heavy atom. The Bertz CT molecular complexity index is 359. The number of hydrogen-bond acceptors (Lipinski definition) is 3. The molecule has 2 fully saturated rings. The van der Waals surface area contributed by atoms with E-state index in [2.05, 4.69) is 52.1 Å². The van der Waals surface area contributed by atoms with Gasteiger partial charge in [0.2, 0.25) is 0 Å². The molecule has 0 aromatic rings.